The summed E-state index contributed by atoms with van der Waals surface area (Å²) in [7, 11) is -3.71. The lowest BCUT2D eigenvalue weighted by atomic mass is 10.0. The van der Waals surface area contributed by atoms with E-state index >= 15 is 0 Å². The van der Waals surface area contributed by atoms with Crippen molar-refractivity contribution in [3.05, 3.63) is 35.9 Å². The smallest absolute Gasteiger partial charge is 0.411 e. The first-order valence-corrected chi connectivity index (χ1v) is 10.0. The van der Waals surface area contributed by atoms with Crippen molar-refractivity contribution in [2.24, 2.45) is 0 Å². The number of hydrogen-bond donors (Lipinski definition) is 0. The van der Waals surface area contributed by atoms with E-state index in [9.17, 15) is 9.36 Å². The summed E-state index contributed by atoms with van der Waals surface area (Å²) in [5.41, 5.74) is 0.800. The highest BCUT2D eigenvalue weighted by Crippen LogP contribution is 2.59. The zero-order valence-electron chi connectivity index (χ0n) is 15.1. The van der Waals surface area contributed by atoms with Gasteiger partial charge in [0, 0.05) is 0 Å². The Morgan fingerprint density at radius 3 is 2.24 bits per heavy atom. The van der Waals surface area contributed by atoms with Gasteiger partial charge in [0.15, 0.2) is 6.04 Å². The maximum Gasteiger partial charge on any atom is 0.411 e. The van der Waals surface area contributed by atoms with Crippen LogP contribution in [0.15, 0.2) is 30.3 Å². The number of benzene rings is 1. The molecule has 1 aliphatic rings. The molecule has 0 aromatic heterocycles. The molecule has 0 amide bonds. The van der Waals surface area contributed by atoms with Crippen molar-refractivity contribution in [1.29, 1.82) is 0 Å². The SMILES string of the molecule is CCOC(=O)[C@@H]1[C@@H](c2ccccc2)OC(C)N1P(=O)(OCC)OCC. The molecule has 2 rings (SSSR count). The minimum atomic E-state index is -3.71. The summed E-state index contributed by atoms with van der Waals surface area (Å²) >= 11 is 0. The number of hydrogen-bond acceptors (Lipinski definition) is 6. The molecule has 0 N–H and O–H groups in total. The Morgan fingerprint density at radius 2 is 1.72 bits per heavy atom. The molecule has 1 unspecified atom stereocenters. The van der Waals surface area contributed by atoms with Crippen LogP contribution in [0.2, 0.25) is 0 Å². The topological polar surface area (TPSA) is 74.3 Å². The number of ether oxygens (including phenoxy) is 2. The normalized spacial score (nSPS) is 24.4. The fourth-order valence-corrected chi connectivity index (χ4v) is 4.89. The van der Waals surface area contributed by atoms with E-state index in [0.29, 0.717) is 0 Å². The van der Waals surface area contributed by atoms with E-state index in [1.165, 1.54) is 4.67 Å². The van der Waals surface area contributed by atoms with Gasteiger partial charge in [0.05, 0.1) is 19.8 Å². The van der Waals surface area contributed by atoms with Crippen LogP contribution in [0.5, 0.6) is 0 Å². The van der Waals surface area contributed by atoms with Crippen LogP contribution in [0.3, 0.4) is 0 Å². The van der Waals surface area contributed by atoms with Gasteiger partial charge >= 0.3 is 13.7 Å². The summed E-state index contributed by atoms with van der Waals surface area (Å²) in [5, 5.41) is 0. The van der Waals surface area contributed by atoms with Gasteiger partial charge in [0.1, 0.15) is 12.3 Å². The Labute approximate surface area is 148 Å². The van der Waals surface area contributed by atoms with Gasteiger partial charge in [-0.25, -0.2) is 4.57 Å². The molecule has 1 aliphatic heterocycles. The maximum atomic E-state index is 13.3. The first-order valence-electron chi connectivity index (χ1n) is 8.53. The van der Waals surface area contributed by atoms with Gasteiger partial charge in [-0.15, -0.1) is 0 Å². The van der Waals surface area contributed by atoms with Gasteiger partial charge in [-0.1, -0.05) is 30.3 Å². The summed E-state index contributed by atoms with van der Waals surface area (Å²) in [5.74, 6) is -0.514. The molecule has 1 heterocycles. The molecule has 0 spiro atoms. The monoisotopic (exact) mass is 371 g/mol. The second-order valence-electron chi connectivity index (χ2n) is 5.45. The van der Waals surface area contributed by atoms with Crippen LogP contribution in [0.25, 0.3) is 0 Å². The first-order chi connectivity index (χ1) is 12.0. The van der Waals surface area contributed by atoms with Crippen LogP contribution >= 0.6 is 7.75 Å². The van der Waals surface area contributed by atoms with Crippen LogP contribution in [0.1, 0.15) is 39.4 Å². The second-order valence-corrected chi connectivity index (χ2v) is 7.36. The molecule has 0 saturated carbocycles. The molecular formula is C17H26NO6P. The van der Waals surface area contributed by atoms with E-state index in [1.54, 1.807) is 27.7 Å². The van der Waals surface area contributed by atoms with Gasteiger partial charge in [0.2, 0.25) is 0 Å². The molecule has 1 saturated heterocycles. The molecule has 8 heteroatoms. The summed E-state index contributed by atoms with van der Waals surface area (Å²) < 4.78 is 36.8. The summed E-state index contributed by atoms with van der Waals surface area (Å²) in [6, 6.07) is 8.40. The Hall–Kier alpha value is -1.24. The standard InChI is InChI=1S/C17H26NO6P/c1-5-21-17(19)15-16(14-11-9-8-10-12-14)24-13(4)18(15)25(20,22-6-2)23-7-3/h8-13,15-16H,5-7H2,1-4H3/t13?,15-,16+/m0/s1. The summed E-state index contributed by atoms with van der Waals surface area (Å²) in [6.07, 6.45) is -1.26. The predicted octanol–water partition coefficient (Wildman–Crippen LogP) is 3.52. The Bertz CT molecular complexity index is 600. The Morgan fingerprint density at radius 1 is 1.12 bits per heavy atom. The fraction of sp³-hybridized carbons (Fsp3) is 0.588. The van der Waals surface area contributed by atoms with Crippen molar-refractivity contribution in [1.82, 2.24) is 4.67 Å². The highest BCUT2D eigenvalue weighted by Gasteiger charge is 2.55. The van der Waals surface area contributed by atoms with E-state index < -0.39 is 32.1 Å². The largest absolute Gasteiger partial charge is 0.465 e. The molecule has 7 nitrogen and oxygen atoms in total. The first kappa shape index (κ1) is 20.1. The van der Waals surface area contributed by atoms with E-state index in [0.717, 1.165) is 5.56 Å². The van der Waals surface area contributed by atoms with Crippen LogP contribution in [0.4, 0.5) is 0 Å². The number of rotatable bonds is 8. The molecule has 0 radical (unpaired) electrons. The summed E-state index contributed by atoms with van der Waals surface area (Å²) in [4.78, 5) is 12.7. The van der Waals surface area contributed by atoms with Crippen LogP contribution in [-0.2, 0) is 27.9 Å². The van der Waals surface area contributed by atoms with Crippen LogP contribution in [-0.4, -0.2) is 42.7 Å². The summed E-state index contributed by atoms with van der Waals surface area (Å²) in [6.45, 7) is 7.48. The third-order valence-corrected chi connectivity index (χ3v) is 6.12. The Kier molecular flexibility index (Phi) is 7.16. The minimum absolute atomic E-state index is 0.187. The Balaban J connectivity index is 2.45. The average Bonchev–Trinajstić information content (AvgIpc) is 2.94. The number of esters is 1. The van der Waals surface area contributed by atoms with Crippen LogP contribution < -0.4 is 0 Å². The van der Waals surface area contributed by atoms with Gasteiger partial charge in [-0.05, 0) is 33.3 Å². The van der Waals surface area contributed by atoms with E-state index in [-0.39, 0.29) is 19.8 Å². The van der Waals surface area contributed by atoms with Crippen molar-refractivity contribution in [3.63, 3.8) is 0 Å². The van der Waals surface area contributed by atoms with E-state index in [4.69, 9.17) is 18.5 Å². The molecule has 1 fully saturated rings. The highest BCUT2D eigenvalue weighted by molar-refractivity contribution is 7.51. The van der Waals surface area contributed by atoms with E-state index in [2.05, 4.69) is 0 Å². The average molecular weight is 371 g/mol. The van der Waals surface area contributed by atoms with Crippen molar-refractivity contribution >= 4 is 13.7 Å². The van der Waals surface area contributed by atoms with Crippen LogP contribution in [0, 0.1) is 0 Å². The molecule has 140 valence electrons. The van der Waals surface area contributed by atoms with Crippen molar-refractivity contribution < 1.29 is 27.9 Å². The lowest BCUT2D eigenvalue weighted by Crippen LogP contribution is -2.41. The van der Waals surface area contributed by atoms with E-state index in [1.807, 2.05) is 30.3 Å². The molecule has 25 heavy (non-hydrogen) atoms. The van der Waals surface area contributed by atoms with Crippen molar-refractivity contribution in [2.75, 3.05) is 19.8 Å². The van der Waals surface area contributed by atoms with Gasteiger partial charge in [-0.3, -0.25) is 13.8 Å². The lowest BCUT2D eigenvalue weighted by molar-refractivity contribution is -0.148. The third kappa shape index (κ3) is 4.30. The number of carbonyl (C=O) groups is 1. The zero-order chi connectivity index (χ0) is 18.4. The number of carbonyl (C=O) groups excluding carboxylic acids is 1. The fourth-order valence-electron chi connectivity index (χ4n) is 2.93. The molecule has 1 aromatic carbocycles. The lowest BCUT2D eigenvalue weighted by Gasteiger charge is -2.31. The third-order valence-electron chi connectivity index (χ3n) is 3.81. The molecule has 3 atom stereocenters. The quantitative estimate of drug-likeness (QED) is 0.511. The minimum Gasteiger partial charge on any atom is -0.465 e. The molecule has 0 bridgehead atoms. The molecule has 1 aromatic rings. The number of nitrogens with zero attached hydrogens (tertiary/aromatic N) is 1. The van der Waals surface area contributed by atoms with Crippen molar-refractivity contribution in [3.8, 4) is 0 Å². The molecular weight excluding hydrogens is 345 g/mol. The maximum absolute atomic E-state index is 13.3. The van der Waals surface area contributed by atoms with Gasteiger partial charge in [-0.2, -0.15) is 4.67 Å². The van der Waals surface area contributed by atoms with Crippen molar-refractivity contribution in [2.45, 2.75) is 46.1 Å². The second kappa shape index (κ2) is 8.92. The molecule has 0 aliphatic carbocycles. The van der Waals surface area contributed by atoms with Gasteiger partial charge in [0.25, 0.3) is 0 Å². The zero-order valence-corrected chi connectivity index (χ0v) is 16.0. The highest BCUT2D eigenvalue weighted by atomic mass is 31.2. The predicted molar refractivity (Wildman–Crippen MR) is 92.8 cm³/mol. The van der Waals surface area contributed by atoms with Gasteiger partial charge < -0.3 is 9.47 Å².